The van der Waals surface area contributed by atoms with Crippen molar-refractivity contribution in [2.75, 3.05) is 5.32 Å². The molecule has 5 nitrogen and oxygen atoms in total. The Balaban J connectivity index is 1.86. The fourth-order valence-corrected chi connectivity index (χ4v) is 2.94. The van der Waals surface area contributed by atoms with Crippen LogP contribution in [0.15, 0.2) is 65.7 Å². The molecule has 4 aromatic rings. The van der Waals surface area contributed by atoms with E-state index in [0.717, 1.165) is 28.4 Å². The van der Waals surface area contributed by atoms with E-state index in [1.807, 2.05) is 30.3 Å². The van der Waals surface area contributed by atoms with Crippen molar-refractivity contribution in [2.45, 2.75) is 13.0 Å². The maximum atomic E-state index is 5.68. The molecule has 0 aliphatic heterocycles. The quantitative estimate of drug-likeness (QED) is 0.596. The lowest BCUT2D eigenvalue weighted by molar-refractivity contribution is 0.498. The van der Waals surface area contributed by atoms with Gasteiger partial charge in [-0.25, -0.2) is 9.97 Å². The lowest BCUT2D eigenvalue weighted by Crippen LogP contribution is -2.13. The molecule has 4 rings (SSSR count). The van der Waals surface area contributed by atoms with Crippen molar-refractivity contribution in [3.8, 4) is 0 Å². The van der Waals surface area contributed by atoms with Gasteiger partial charge in [-0.15, -0.1) is 0 Å². The van der Waals surface area contributed by atoms with Crippen LogP contribution in [-0.2, 0) is 0 Å². The molecule has 0 saturated heterocycles. The molecule has 0 bridgehead atoms. The Hall–Kier alpha value is -3.08. The number of furan rings is 1. The standard InChI is InChI=1S/C18H16N4O/c1-12-17(13-5-2-3-6-14(13)21-12)18(15-7-4-10-23-15)22-16-8-9-19-11-20-16/h2-11,18,21H,1H3,(H,19,20,22). The van der Waals surface area contributed by atoms with E-state index in [-0.39, 0.29) is 6.04 Å². The fourth-order valence-electron chi connectivity index (χ4n) is 2.94. The number of aromatic nitrogens is 3. The number of hydrogen-bond acceptors (Lipinski definition) is 4. The monoisotopic (exact) mass is 304 g/mol. The van der Waals surface area contributed by atoms with Gasteiger partial charge in [0.1, 0.15) is 23.9 Å². The highest BCUT2D eigenvalue weighted by Gasteiger charge is 2.23. The summed E-state index contributed by atoms with van der Waals surface area (Å²) in [7, 11) is 0. The minimum Gasteiger partial charge on any atom is -0.467 e. The number of aryl methyl sites for hydroxylation is 1. The second kappa shape index (κ2) is 5.61. The summed E-state index contributed by atoms with van der Waals surface area (Å²) < 4.78 is 5.68. The Bertz CT molecular complexity index is 913. The lowest BCUT2D eigenvalue weighted by atomic mass is 10.0. The minimum atomic E-state index is -0.129. The van der Waals surface area contributed by atoms with E-state index in [9.17, 15) is 0 Å². The van der Waals surface area contributed by atoms with Gasteiger partial charge in [0.15, 0.2) is 0 Å². The van der Waals surface area contributed by atoms with E-state index in [0.29, 0.717) is 0 Å². The largest absolute Gasteiger partial charge is 0.467 e. The third-order valence-corrected chi connectivity index (χ3v) is 3.93. The van der Waals surface area contributed by atoms with Gasteiger partial charge in [-0.1, -0.05) is 18.2 Å². The number of nitrogens with zero attached hydrogens (tertiary/aromatic N) is 2. The van der Waals surface area contributed by atoms with Crippen LogP contribution in [0.3, 0.4) is 0 Å². The second-order valence-electron chi connectivity index (χ2n) is 5.40. The maximum Gasteiger partial charge on any atom is 0.130 e. The summed E-state index contributed by atoms with van der Waals surface area (Å²) in [6, 6.07) is 13.9. The van der Waals surface area contributed by atoms with Crippen LogP contribution in [0.2, 0.25) is 0 Å². The summed E-state index contributed by atoms with van der Waals surface area (Å²) in [5.74, 6) is 1.60. The number of fused-ring (bicyclic) bond motifs is 1. The number of H-pyrrole nitrogens is 1. The van der Waals surface area contributed by atoms with Crippen LogP contribution < -0.4 is 5.32 Å². The number of anilines is 1. The van der Waals surface area contributed by atoms with E-state index in [1.54, 1.807) is 12.5 Å². The van der Waals surface area contributed by atoms with Gasteiger partial charge in [0.2, 0.25) is 0 Å². The summed E-state index contributed by atoms with van der Waals surface area (Å²) in [6.45, 7) is 2.08. The zero-order chi connectivity index (χ0) is 15.6. The van der Waals surface area contributed by atoms with Crippen LogP contribution in [0, 0.1) is 6.92 Å². The molecule has 0 aliphatic carbocycles. The molecule has 1 unspecified atom stereocenters. The van der Waals surface area contributed by atoms with Crippen LogP contribution in [-0.4, -0.2) is 15.0 Å². The first-order valence-corrected chi connectivity index (χ1v) is 7.46. The first-order chi connectivity index (χ1) is 11.3. The topological polar surface area (TPSA) is 66.7 Å². The molecular formula is C18H16N4O. The van der Waals surface area contributed by atoms with E-state index >= 15 is 0 Å². The molecule has 23 heavy (non-hydrogen) atoms. The maximum absolute atomic E-state index is 5.68. The van der Waals surface area contributed by atoms with Gasteiger partial charge < -0.3 is 14.7 Å². The number of rotatable bonds is 4. The van der Waals surface area contributed by atoms with Gasteiger partial charge in [-0.05, 0) is 31.2 Å². The summed E-state index contributed by atoms with van der Waals surface area (Å²) in [6.07, 6.45) is 4.94. The van der Waals surface area contributed by atoms with Gasteiger partial charge in [0.25, 0.3) is 0 Å². The van der Waals surface area contributed by atoms with Crippen molar-refractivity contribution in [2.24, 2.45) is 0 Å². The first-order valence-electron chi connectivity index (χ1n) is 7.46. The van der Waals surface area contributed by atoms with E-state index < -0.39 is 0 Å². The highest BCUT2D eigenvalue weighted by Crippen LogP contribution is 2.34. The Morgan fingerprint density at radius 3 is 2.83 bits per heavy atom. The molecule has 114 valence electrons. The summed E-state index contributed by atoms with van der Waals surface area (Å²) in [4.78, 5) is 11.7. The van der Waals surface area contributed by atoms with Crippen LogP contribution in [0.5, 0.6) is 0 Å². The summed E-state index contributed by atoms with van der Waals surface area (Å²) >= 11 is 0. The van der Waals surface area contributed by atoms with Crippen LogP contribution in [0.4, 0.5) is 5.82 Å². The molecule has 0 fully saturated rings. The van der Waals surface area contributed by atoms with Crippen molar-refractivity contribution >= 4 is 16.7 Å². The predicted molar refractivity (Wildman–Crippen MR) is 89.2 cm³/mol. The van der Waals surface area contributed by atoms with Crippen molar-refractivity contribution in [3.05, 3.63) is 78.3 Å². The second-order valence-corrected chi connectivity index (χ2v) is 5.40. The molecule has 5 heteroatoms. The third-order valence-electron chi connectivity index (χ3n) is 3.93. The Kier molecular flexibility index (Phi) is 3.31. The predicted octanol–water partition coefficient (Wildman–Crippen LogP) is 4.06. The van der Waals surface area contributed by atoms with Crippen molar-refractivity contribution in [3.63, 3.8) is 0 Å². The molecule has 0 saturated carbocycles. The van der Waals surface area contributed by atoms with Gasteiger partial charge in [-0.3, -0.25) is 0 Å². The van der Waals surface area contributed by atoms with Gasteiger partial charge in [0.05, 0.1) is 6.26 Å². The van der Waals surface area contributed by atoms with E-state index in [2.05, 4.69) is 39.3 Å². The molecule has 0 amide bonds. The average molecular weight is 304 g/mol. The number of aromatic amines is 1. The molecule has 1 atom stereocenters. The zero-order valence-corrected chi connectivity index (χ0v) is 12.7. The normalized spacial score (nSPS) is 12.4. The van der Waals surface area contributed by atoms with Crippen molar-refractivity contribution in [1.29, 1.82) is 0 Å². The van der Waals surface area contributed by atoms with Crippen molar-refractivity contribution in [1.82, 2.24) is 15.0 Å². The SMILES string of the molecule is Cc1[nH]c2ccccc2c1C(Nc1ccncn1)c1ccco1. The zero-order valence-electron chi connectivity index (χ0n) is 12.7. The Morgan fingerprint density at radius 2 is 2.04 bits per heavy atom. The number of hydrogen-bond donors (Lipinski definition) is 2. The lowest BCUT2D eigenvalue weighted by Gasteiger charge is -2.18. The molecular weight excluding hydrogens is 288 g/mol. The smallest absolute Gasteiger partial charge is 0.130 e. The highest BCUT2D eigenvalue weighted by molar-refractivity contribution is 5.86. The minimum absolute atomic E-state index is 0.129. The Labute approximate surface area is 133 Å². The molecule has 3 heterocycles. The van der Waals surface area contributed by atoms with Crippen LogP contribution in [0.1, 0.15) is 23.1 Å². The Morgan fingerprint density at radius 1 is 1.13 bits per heavy atom. The highest BCUT2D eigenvalue weighted by atomic mass is 16.3. The molecule has 0 radical (unpaired) electrons. The molecule has 0 spiro atoms. The van der Waals surface area contributed by atoms with Gasteiger partial charge in [-0.2, -0.15) is 0 Å². The molecule has 3 aromatic heterocycles. The number of benzene rings is 1. The number of nitrogens with one attached hydrogen (secondary N) is 2. The first kappa shape index (κ1) is 13.6. The third kappa shape index (κ3) is 2.46. The van der Waals surface area contributed by atoms with Crippen molar-refractivity contribution < 1.29 is 4.42 Å². The fraction of sp³-hybridized carbons (Fsp3) is 0.111. The summed E-state index contributed by atoms with van der Waals surface area (Å²) in [5.41, 5.74) is 3.38. The van der Waals surface area contributed by atoms with E-state index in [4.69, 9.17) is 4.42 Å². The average Bonchev–Trinajstić information content (AvgIpc) is 3.21. The van der Waals surface area contributed by atoms with Crippen LogP contribution in [0.25, 0.3) is 10.9 Å². The molecule has 0 aliphatic rings. The molecule has 2 N–H and O–H groups in total. The van der Waals surface area contributed by atoms with E-state index in [1.165, 1.54) is 11.7 Å². The van der Waals surface area contributed by atoms with Gasteiger partial charge >= 0.3 is 0 Å². The summed E-state index contributed by atoms with van der Waals surface area (Å²) in [5, 5.41) is 4.63. The van der Waals surface area contributed by atoms with Gasteiger partial charge in [0, 0.05) is 28.4 Å². The number of para-hydroxylation sites is 1. The van der Waals surface area contributed by atoms with Crippen LogP contribution >= 0.6 is 0 Å². The molecule has 1 aromatic carbocycles.